The SMILES string of the molecule is CCCCC[N+](C)(C)Cc1ccccc1.[I-]. The highest BCUT2D eigenvalue weighted by atomic mass is 127. The third-order valence-corrected chi connectivity index (χ3v) is 2.82. The lowest BCUT2D eigenvalue weighted by atomic mass is 10.2. The zero-order chi connectivity index (χ0) is 11.1. The van der Waals surface area contributed by atoms with E-state index in [9.17, 15) is 0 Å². The molecule has 2 heteroatoms. The molecule has 1 aromatic carbocycles. The van der Waals surface area contributed by atoms with Gasteiger partial charge in [0.05, 0.1) is 20.6 Å². The van der Waals surface area contributed by atoms with Crippen molar-refractivity contribution in [2.75, 3.05) is 20.6 Å². The molecule has 0 aromatic heterocycles. The highest BCUT2D eigenvalue weighted by Crippen LogP contribution is 2.10. The minimum absolute atomic E-state index is 0. The Morgan fingerprint density at radius 1 is 1.00 bits per heavy atom. The first-order valence-corrected chi connectivity index (χ1v) is 6.00. The molecule has 0 aliphatic rings. The minimum atomic E-state index is 0. The van der Waals surface area contributed by atoms with Crippen LogP contribution in [0.5, 0.6) is 0 Å². The first-order chi connectivity index (χ1) is 7.14. The van der Waals surface area contributed by atoms with E-state index in [0.29, 0.717) is 0 Å². The normalized spacial score (nSPS) is 10.9. The molecule has 16 heavy (non-hydrogen) atoms. The molecule has 1 nitrogen and oxygen atoms in total. The molecular weight excluding hydrogens is 309 g/mol. The van der Waals surface area contributed by atoms with Crippen LogP contribution in [-0.2, 0) is 6.54 Å². The lowest BCUT2D eigenvalue weighted by Gasteiger charge is -2.30. The molecule has 0 aliphatic heterocycles. The van der Waals surface area contributed by atoms with Crippen molar-refractivity contribution >= 4 is 0 Å². The van der Waals surface area contributed by atoms with Crippen molar-refractivity contribution in [1.29, 1.82) is 0 Å². The molecule has 0 aliphatic carbocycles. The number of nitrogens with zero attached hydrogens (tertiary/aromatic N) is 1. The zero-order valence-corrected chi connectivity index (χ0v) is 12.9. The maximum Gasteiger partial charge on any atom is 0.104 e. The summed E-state index contributed by atoms with van der Waals surface area (Å²) in [5.41, 5.74) is 1.44. The van der Waals surface area contributed by atoms with E-state index in [1.807, 2.05) is 0 Å². The van der Waals surface area contributed by atoms with E-state index in [1.54, 1.807) is 0 Å². The van der Waals surface area contributed by atoms with Gasteiger partial charge in [-0.25, -0.2) is 0 Å². The molecule has 0 heterocycles. The molecule has 0 unspecified atom stereocenters. The van der Waals surface area contributed by atoms with Gasteiger partial charge in [-0.3, -0.25) is 0 Å². The number of halogens is 1. The largest absolute Gasteiger partial charge is 1.00 e. The van der Waals surface area contributed by atoms with E-state index in [1.165, 1.54) is 31.4 Å². The van der Waals surface area contributed by atoms with E-state index in [2.05, 4.69) is 51.4 Å². The highest BCUT2D eigenvalue weighted by molar-refractivity contribution is 5.13. The standard InChI is InChI=1S/C14H24N.HI/c1-4-5-9-12-15(2,3)13-14-10-7-6-8-11-14;/h6-8,10-11H,4-5,9,12-13H2,1-3H3;1H/q+1;/p-1. The van der Waals surface area contributed by atoms with Gasteiger partial charge in [-0.15, -0.1) is 0 Å². The second-order valence-corrected chi connectivity index (χ2v) is 5.01. The van der Waals surface area contributed by atoms with Crippen LogP contribution in [0, 0.1) is 0 Å². The summed E-state index contributed by atoms with van der Waals surface area (Å²) in [7, 11) is 4.64. The predicted octanol–water partition coefficient (Wildman–Crippen LogP) is 0.457. The average molecular weight is 333 g/mol. The number of quaternary nitrogens is 1. The summed E-state index contributed by atoms with van der Waals surface area (Å²) in [4.78, 5) is 0. The van der Waals surface area contributed by atoms with Crippen LogP contribution >= 0.6 is 0 Å². The molecule has 0 bridgehead atoms. The highest BCUT2D eigenvalue weighted by Gasteiger charge is 2.14. The van der Waals surface area contributed by atoms with Crippen LogP contribution in [0.25, 0.3) is 0 Å². The van der Waals surface area contributed by atoms with Crippen molar-refractivity contribution in [2.45, 2.75) is 32.7 Å². The van der Waals surface area contributed by atoms with Gasteiger partial charge in [0.2, 0.25) is 0 Å². The van der Waals surface area contributed by atoms with Gasteiger partial charge in [0, 0.05) is 5.56 Å². The Morgan fingerprint density at radius 3 is 2.19 bits per heavy atom. The number of benzene rings is 1. The van der Waals surface area contributed by atoms with E-state index in [0.717, 1.165) is 11.0 Å². The van der Waals surface area contributed by atoms with Crippen LogP contribution < -0.4 is 24.0 Å². The van der Waals surface area contributed by atoms with Crippen LogP contribution in [-0.4, -0.2) is 25.1 Å². The summed E-state index contributed by atoms with van der Waals surface area (Å²) in [5, 5.41) is 0. The Hall–Kier alpha value is -0.0900. The van der Waals surface area contributed by atoms with Gasteiger partial charge in [0.1, 0.15) is 6.54 Å². The molecule has 0 saturated carbocycles. The fraction of sp³-hybridized carbons (Fsp3) is 0.571. The van der Waals surface area contributed by atoms with Crippen molar-refractivity contribution < 1.29 is 28.5 Å². The summed E-state index contributed by atoms with van der Waals surface area (Å²) in [6.07, 6.45) is 4.01. The average Bonchev–Trinajstić information content (AvgIpc) is 2.18. The van der Waals surface area contributed by atoms with Crippen molar-refractivity contribution in [2.24, 2.45) is 0 Å². The molecule has 1 rings (SSSR count). The van der Waals surface area contributed by atoms with Gasteiger partial charge in [0.25, 0.3) is 0 Å². The maximum atomic E-state index is 2.32. The van der Waals surface area contributed by atoms with Gasteiger partial charge in [0.15, 0.2) is 0 Å². The number of hydrogen-bond donors (Lipinski definition) is 0. The fourth-order valence-corrected chi connectivity index (χ4v) is 1.95. The van der Waals surface area contributed by atoms with Gasteiger partial charge in [-0.05, 0) is 12.8 Å². The molecule has 0 atom stereocenters. The van der Waals surface area contributed by atoms with Crippen molar-refractivity contribution in [3.8, 4) is 0 Å². The smallest absolute Gasteiger partial charge is 0.104 e. The van der Waals surface area contributed by atoms with E-state index >= 15 is 0 Å². The summed E-state index contributed by atoms with van der Waals surface area (Å²) in [6, 6.07) is 10.8. The quantitative estimate of drug-likeness (QED) is 0.403. The number of rotatable bonds is 6. The van der Waals surface area contributed by atoms with Crippen LogP contribution in [0.3, 0.4) is 0 Å². The van der Waals surface area contributed by atoms with Crippen molar-refractivity contribution in [3.63, 3.8) is 0 Å². The van der Waals surface area contributed by atoms with Crippen LogP contribution in [0.4, 0.5) is 0 Å². The molecule has 0 amide bonds. The Labute approximate surface area is 117 Å². The van der Waals surface area contributed by atoms with Gasteiger partial charge in [-0.2, -0.15) is 0 Å². The molecule has 1 aromatic rings. The molecule has 0 radical (unpaired) electrons. The topological polar surface area (TPSA) is 0 Å². The third kappa shape index (κ3) is 6.48. The first kappa shape index (κ1) is 15.9. The van der Waals surface area contributed by atoms with Gasteiger partial charge >= 0.3 is 0 Å². The van der Waals surface area contributed by atoms with Crippen molar-refractivity contribution in [1.82, 2.24) is 0 Å². The Kier molecular flexibility index (Phi) is 8.02. The van der Waals surface area contributed by atoms with Crippen LogP contribution in [0.2, 0.25) is 0 Å². The van der Waals surface area contributed by atoms with Crippen LogP contribution in [0.1, 0.15) is 31.7 Å². The Morgan fingerprint density at radius 2 is 1.62 bits per heavy atom. The second kappa shape index (κ2) is 8.07. The Balaban J connectivity index is 0.00000225. The lowest BCUT2D eigenvalue weighted by Crippen LogP contribution is -3.00. The predicted molar refractivity (Wildman–Crippen MR) is 66.6 cm³/mol. The third-order valence-electron chi connectivity index (χ3n) is 2.82. The Bertz CT molecular complexity index is 269. The maximum absolute atomic E-state index is 2.32. The molecular formula is C14H24IN. The zero-order valence-electron chi connectivity index (χ0n) is 10.7. The fourth-order valence-electron chi connectivity index (χ4n) is 1.95. The number of unbranched alkanes of at least 4 members (excludes halogenated alkanes) is 2. The molecule has 0 saturated heterocycles. The summed E-state index contributed by atoms with van der Waals surface area (Å²) >= 11 is 0. The molecule has 92 valence electrons. The van der Waals surface area contributed by atoms with E-state index in [-0.39, 0.29) is 24.0 Å². The lowest BCUT2D eigenvalue weighted by molar-refractivity contribution is -0.903. The summed E-state index contributed by atoms with van der Waals surface area (Å²) in [5.74, 6) is 0. The van der Waals surface area contributed by atoms with Crippen molar-refractivity contribution in [3.05, 3.63) is 35.9 Å². The molecule has 0 fully saturated rings. The first-order valence-electron chi connectivity index (χ1n) is 6.00. The minimum Gasteiger partial charge on any atom is -1.00 e. The second-order valence-electron chi connectivity index (χ2n) is 5.01. The molecule has 0 spiro atoms. The summed E-state index contributed by atoms with van der Waals surface area (Å²) < 4.78 is 1.10. The monoisotopic (exact) mass is 333 g/mol. The van der Waals surface area contributed by atoms with E-state index in [4.69, 9.17) is 0 Å². The molecule has 0 N–H and O–H groups in total. The number of hydrogen-bond acceptors (Lipinski definition) is 0. The van der Waals surface area contributed by atoms with E-state index < -0.39 is 0 Å². The van der Waals surface area contributed by atoms with Gasteiger partial charge < -0.3 is 28.5 Å². The van der Waals surface area contributed by atoms with Gasteiger partial charge in [-0.1, -0.05) is 43.7 Å². The van der Waals surface area contributed by atoms with Crippen LogP contribution in [0.15, 0.2) is 30.3 Å². The summed E-state index contributed by atoms with van der Waals surface area (Å²) in [6.45, 7) is 4.69.